The molecule has 1 unspecified atom stereocenters. The van der Waals surface area contributed by atoms with Crippen molar-refractivity contribution in [2.45, 2.75) is 32.9 Å². The van der Waals surface area contributed by atoms with Gasteiger partial charge in [-0.1, -0.05) is 6.07 Å². The van der Waals surface area contributed by atoms with Crippen molar-refractivity contribution in [2.75, 3.05) is 0 Å². The molecule has 1 heterocycles. The van der Waals surface area contributed by atoms with E-state index in [9.17, 15) is 4.79 Å². The minimum absolute atomic E-state index is 0.0790. The van der Waals surface area contributed by atoms with Gasteiger partial charge in [0.05, 0.1) is 12.1 Å². The Hall–Kier alpha value is -2.30. The highest BCUT2D eigenvalue weighted by molar-refractivity contribution is 5.94. The van der Waals surface area contributed by atoms with Crippen molar-refractivity contribution in [3.8, 4) is 5.75 Å². The lowest BCUT2D eigenvalue weighted by Gasteiger charge is -2.13. The van der Waals surface area contributed by atoms with Gasteiger partial charge in [0.25, 0.3) is 5.91 Å². The summed E-state index contributed by atoms with van der Waals surface area (Å²) in [4.78, 5) is 19.3. The van der Waals surface area contributed by atoms with E-state index in [2.05, 4.69) is 15.3 Å². The van der Waals surface area contributed by atoms with Crippen LogP contribution in [0.4, 0.5) is 0 Å². The van der Waals surface area contributed by atoms with Crippen molar-refractivity contribution in [3.63, 3.8) is 0 Å². The van der Waals surface area contributed by atoms with Crippen LogP contribution in [0.25, 0.3) is 0 Å². The Kier molecular flexibility index (Phi) is 4.40. The van der Waals surface area contributed by atoms with E-state index in [-0.39, 0.29) is 18.1 Å². The number of ether oxygens (including phenoxy) is 1. The van der Waals surface area contributed by atoms with Crippen LogP contribution in [0.15, 0.2) is 36.7 Å². The van der Waals surface area contributed by atoms with Gasteiger partial charge in [0.1, 0.15) is 11.6 Å². The van der Waals surface area contributed by atoms with E-state index in [1.807, 2.05) is 32.9 Å². The molecule has 0 fully saturated rings. The molecule has 0 aliphatic rings. The molecule has 0 radical (unpaired) electrons. The number of carbonyl (C=O) groups is 1. The molecular weight excluding hydrogens is 254 g/mol. The van der Waals surface area contributed by atoms with Crippen molar-refractivity contribution in [2.24, 2.45) is 0 Å². The quantitative estimate of drug-likeness (QED) is 0.880. The van der Waals surface area contributed by atoms with Gasteiger partial charge in [-0.2, -0.15) is 0 Å². The van der Waals surface area contributed by atoms with E-state index in [0.717, 1.165) is 5.82 Å². The van der Waals surface area contributed by atoms with Gasteiger partial charge in [-0.05, 0) is 39.0 Å². The summed E-state index contributed by atoms with van der Waals surface area (Å²) in [5.74, 6) is 1.27. The number of aromatic amines is 1. The van der Waals surface area contributed by atoms with Crippen LogP contribution in [0.5, 0.6) is 5.75 Å². The average Bonchev–Trinajstić information content (AvgIpc) is 2.92. The predicted octanol–water partition coefficient (Wildman–Crippen LogP) is 2.69. The summed E-state index contributed by atoms with van der Waals surface area (Å²) >= 11 is 0. The van der Waals surface area contributed by atoms with Crippen LogP contribution < -0.4 is 10.1 Å². The zero-order valence-electron chi connectivity index (χ0n) is 11.9. The maximum atomic E-state index is 12.2. The minimum Gasteiger partial charge on any atom is -0.491 e. The monoisotopic (exact) mass is 273 g/mol. The van der Waals surface area contributed by atoms with Crippen LogP contribution in [-0.2, 0) is 0 Å². The maximum Gasteiger partial charge on any atom is 0.251 e. The molecular formula is C15H19N3O2. The van der Waals surface area contributed by atoms with Gasteiger partial charge < -0.3 is 15.0 Å². The molecule has 2 rings (SSSR count). The molecule has 0 saturated heterocycles. The molecule has 0 aliphatic heterocycles. The third-order valence-electron chi connectivity index (χ3n) is 2.75. The maximum absolute atomic E-state index is 12.2. The number of amides is 1. The first kappa shape index (κ1) is 14.1. The molecule has 0 spiro atoms. The fourth-order valence-corrected chi connectivity index (χ4v) is 1.85. The highest BCUT2D eigenvalue weighted by atomic mass is 16.5. The summed E-state index contributed by atoms with van der Waals surface area (Å²) in [5.41, 5.74) is 0.571. The summed E-state index contributed by atoms with van der Waals surface area (Å²) in [6.07, 6.45) is 3.47. The Morgan fingerprint density at radius 2 is 2.15 bits per heavy atom. The third-order valence-corrected chi connectivity index (χ3v) is 2.75. The standard InChI is InChI=1S/C15H19N3O2/c1-10(2)20-13-6-4-5-12(9-13)15(19)18-11(3)14-16-7-8-17-14/h4-11H,1-3H3,(H,16,17)(H,18,19). The smallest absolute Gasteiger partial charge is 0.251 e. The molecule has 0 saturated carbocycles. The average molecular weight is 273 g/mol. The zero-order valence-corrected chi connectivity index (χ0v) is 11.9. The van der Waals surface area contributed by atoms with Crippen LogP contribution >= 0.6 is 0 Å². The van der Waals surface area contributed by atoms with Gasteiger partial charge >= 0.3 is 0 Å². The molecule has 2 N–H and O–H groups in total. The Morgan fingerprint density at radius 3 is 2.80 bits per heavy atom. The van der Waals surface area contributed by atoms with Crippen molar-refractivity contribution in [1.29, 1.82) is 0 Å². The first-order valence-corrected chi connectivity index (χ1v) is 6.63. The number of nitrogens with one attached hydrogen (secondary N) is 2. The molecule has 1 amide bonds. The molecule has 1 atom stereocenters. The minimum atomic E-state index is -0.174. The SMILES string of the molecule is CC(C)Oc1cccc(C(=O)NC(C)c2ncc[nH]2)c1. The molecule has 5 heteroatoms. The second-order valence-corrected chi connectivity index (χ2v) is 4.86. The van der Waals surface area contributed by atoms with Crippen molar-refractivity contribution >= 4 is 5.91 Å². The van der Waals surface area contributed by atoms with Gasteiger partial charge in [-0.3, -0.25) is 4.79 Å². The number of hydrogen-bond acceptors (Lipinski definition) is 3. The molecule has 5 nitrogen and oxygen atoms in total. The Bertz CT molecular complexity index is 564. The Labute approximate surface area is 118 Å². The summed E-state index contributed by atoms with van der Waals surface area (Å²) in [6, 6.07) is 6.98. The number of aromatic nitrogens is 2. The largest absolute Gasteiger partial charge is 0.491 e. The second kappa shape index (κ2) is 6.23. The number of H-pyrrole nitrogens is 1. The Morgan fingerprint density at radius 1 is 1.35 bits per heavy atom. The lowest BCUT2D eigenvalue weighted by atomic mass is 10.2. The van der Waals surface area contributed by atoms with Gasteiger partial charge in [0.15, 0.2) is 0 Å². The van der Waals surface area contributed by atoms with Crippen LogP contribution in [-0.4, -0.2) is 22.0 Å². The number of imidazole rings is 1. The number of benzene rings is 1. The van der Waals surface area contributed by atoms with Gasteiger partial charge in [0, 0.05) is 18.0 Å². The number of rotatable bonds is 5. The molecule has 1 aromatic heterocycles. The fraction of sp³-hybridized carbons (Fsp3) is 0.333. The Balaban J connectivity index is 2.05. The first-order chi connectivity index (χ1) is 9.56. The second-order valence-electron chi connectivity index (χ2n) is 4.86. The van der Waals surface area contributed by atoms with E-state index in [0.29, 0.717) is 11.3 Å². The lowest BCUT2D eigenvalue weighted by molar-refractivity contribution is 0.0937. The van der Waals surface area contributed by atoms with Gasteiger partial charge in [-0.15, -0.1) is 0 Å². The zero-order chi connectivity index (χ0) is 14.5. The lowest BCUT2D eigenvalue weighted by Crippen LogP contribution is -2.27. The first-order valence-electron chi connectivity index (χ1n) is 6.63. The molecule has 20 heavy (non-hydrogen) atoms. The van der Waals surface area contributed by atoms with E-state index < -0.39 is 0 Å². The summed E-state index contributed by atoms with van der Waals surface area (Å²) < 4.78 is 5.58. The molecule has 0 aliphatic carbocycles. The topological polar surface area (TPSA) is 67.0 Å². The summed E-state index contributed by atoms with van der Waals surface area (Å²) in [7, 11) is 0. The third kappa shape index (κ3) is 3.60. The molecule has 106 valence electrons. The van der Waals surface area contributed by atoms with E-state index in [1.54, 1.807) is 24.5 Å². The fourth-order valence-electron chi connectivity index (χ4n) is 1.85. The highest BCUT2D eigenvalue weighted by Crippen LogP contribution is 2.16. The predicted molar refractivity (Wildman–Crippen MR) is 76.7 cm³/mol. The van der Waals surface area contributed by atoms with Crippen molar-refractivity contribution < 1.29 is 9.53 Å². The van der Waals surface area contributed by atoms with Crippen LogP contribution in [0.1, 0.15) is 43.0 Å². The molecule has 1 aromatic carbocycles. The van der Waals surface area contributed by atoms with Gasteiger partial charge in [-0.25, -0.2) is 4.98 Å². The molecule has 2 aromatic rings. The summed E-state index contributed by atoms with van der Waals surface area (Å²) in [5, 5.41) is 2.89. The summed E-state index contributed by atoms with van der Waals surface area (Å²) in [6.45, 7) is 5.78. The van der Waals surface area contributed by atoms with E-state index in [1.165, 1.54) is 0 Å². The number of carbonyl (C=O) groups excluding carboxylic acids is 1. The van der Waals surface area contributed by atoms with Crippen molar-refractivity contribution in [1.82, 2.24) is 15.3 Å². The van der Waals surface area contributed by atoms with Crippen LogP contribution in [0.3, 0.4) is 0 Å². The van der Waals surface area contributed by atoms with Crippen LogP contribution in [0, 0.1) is 0 Å². The van der Waals surface area contributed by atoms with Gasteiger partial charge in [0.2, 0.25) is 0 Å². The molecule has 0 bridgehead atoms. The van der Waals surface area contributed by atoms with Crippen molar-refractivity contribution in [3.05, 3.63) is 48.0 Å². The normalized spacial score (nSPS) is 12.2. The van der Waals surface area contributed by atoms with Crippen LogP contribution in [0.2, 0.25) is 0 Å². The number of nitrogens with zero attached hydrogens (tertiary/aromatic N) is 1. The highest BCUT2D eigenvalue weighted by Gasteiger charge is 2.13. The van der Waals surface area contributed by atoms with E-state index in [4.69, 9.17) is 4.74 Å². The number of hydrogen-bond donors (Lipinski definition) is 2. The van der Waals surface area contributed by atoms with E-state index >= 15 is 0 Å².